The first-order valence-electron chi connectivity index (χ1n) is 11.9. The Balaban J connectivity index is 1.88. The van der Waals surface area contributed by atoms with Crippen LogP contribution < -0.4 is 4.74 Å². The maximum atomic E-state index is 14.3. The summed E-state index contributed by atoms with van der Waals surface area (Å²) in [6.45, 7) is 5.93. The number of benzene rings is 2. The van der Waals surface area contributed by atoms with E-state index >= 15 is 0 Å². The van der Waals surface area contributed by atoms with Gasteiger partial charge < -0.3 is 19.8 Å². The molecule has 0 aliphatic carbocycles. The van der Waals surface area contributed by atoms with E-state index in [1.54, 1.807) is 30.8 Å². The molecule has 0 bridgehead atoms. The molecule has 7 nitrogen and oxygen atoms in total. The molecular weight excluding hydrogens is 476 g/mol. The average molecular weight is 509 g/mol. The predicted molar refractivity (Wildman–Crippen MR) is 138 cm³/mol. The number of aliphatic hydroxyl groups excluding tert-OH is 1. The molecule has 1 saturated heterocycles. The topological polar surface area (TPSA) is 100.0 Å². The molecule has 4 rings (SSSR count). The van der Waals surface area contributed by atoms with E-state index in [9.17, 15) is 19.8 Å². The maximum absolute atomic E-state index is 14.3. The van der Waals surface area contributed by atoms with Gasteiger partial charge in [0.05, 0.1) is 13.2 Å². The normalized spacial score (nSPS) is 22.0. The van der Waals surface area contributed by atoms with Gasteiger partial charge in [0.2, 0.25) is 0 Å². The highest BCUT2D eigenvalue weighted by molar-refractivity contribution is 7.09. The SMILES string of the molecule is COc1cc(C(=O)N2[C@@H](c3nccs3)[C@@H](CO)C[C@@]2(Cc2ccccc2)C(=O)O)ccc1C(C)(C)C. The van der Waals surface area contributed by atoms with Crippen molar-refractivity contribution in [2.24, 2.45) is 5.92 Å². The Labute approximate surface area is 215 Å². The van der Waals surface area contributed by atoms with Crippen molar-refractivity contribution in [1.82, 2.24) is 9.88 Å². The third kappa shape index (κ3) is 4.63. The summed E-state index contributed by atoms with van der Waals surface area (Å²) in [5, 5.41) is 23.4. The lowest BCUT2D eigenvalue weighted by Gasteiger charge is -2.38. The van der Waals surface area contributed by atoms with Crippen molar-refractivity contribution in [3.63, 3.8) is 0 Å². The predicted octanol–water partition coefficient (Wildman–Crippen LogP) is 4.71. The fraction of sp³-hybridized carbons (Fsp3) is 0.393. The van der Waals surface area contributed by atoms with Crippen LogP contribution >= 0.6 is 11.3 Å². The fourth-order valence-electron chi connectivity index (χ4n) is 5.24. The Bertz CT molecular complexity index is 1220. The molecule has 1 amide bonds. The summed E-state index contributed by atoms with van der Waals surface area (Å²) in [4.78, 5) is 33.2. The summed E-state index contributed by atoms with van der Waals surface area (Å²) < 4.78 is 5.62. The smallest absolute Gasteiger partial charge is 0.330 e. The van der Waals surface area contributed by atoms with Crippen molar-refractivity contribution < 1.29 is 24.5 Å². The van der Waals surface area contributed by atoms with E-state index in [0.717, 1.165) is 11.1 Å². The Morgan fingerprint density at radius 2 is 1.92 bits per heavy atom. The minimum atomic E-state index is -1.56. The number of hydrogen-bond donors (Lipinski definition) is 2. The largest absolute Gasteiger partial charge is 0.496 e. The van der Waals surface area contributed by atoms with Crippen molar-refractivity contribution in [1.29, 1.82) is 0 Å². The van der Waals surface area contributed by atoms with Crippen LogP contribution in [0.4, 0.5) is 0 Å². The number of carbonyl (C=O) groups is 2. The van der Waals surface area contributed by atoms with E-state index in [0.29, 0.717) is 16.3 Å². The van der Waals surface area contributed by atoms with Gasteiger partial charge in [0.25, 0.3) is 5.91 Å². The number of carboxylic acids is 1. The van der Waals surface area contributed by atoms with Gasteiger partial charge in [-0.15, -0.1) is 11.3 Å². The number of aliphatic carboxylic acids is 1. The van der Waals surface area contributed by atoms with Crippen molar-refractivity contribution in [3.8, 4) is 5.75 Å². The number of thiazole rings is 1. The lowest BCUT2D eigenvalue weighted by molar-refractivity contribution is -0.149. The number of amides is 1. The molecule has 1 aromatic heterocycles. The van der Waals surface area contributed by atoms with Crippen LogP contribution in [0.15, 0.2) is 60.1 Å². The van der Waals surface area contributed by atoms with E-state index in [1.807, 2.05) is 36.4 Å². The quantitative estimate of drug-likeness (QED) is 0.479. The Morgan fingerprint density at radius 3 is 2.47 bits per heavy atom. The zero-order valence-corrected chi connectivity index (χ0v) is 21.8. The molecule has 1 aliphatic rings. The molecule has 8 heteroatoms. The molecule has 0 spiro atoms. The number of aliphatic hydroxyl groups is 1. The molecule has 2 heterocycles. The summed E-state index contributed by atoms with van der Waals surface area (Å²) in [5.41, 5.74) is 0.317. The molecule has 1 aliphatic heterocycles. The number of rotatable bonds is 7. The number of hydrogen-bond acceptors (Lipinski definition) is 6. The molecule has 0 saturated carbocycles. The molecule has 3 atom stereocenters. The van der Waals surface area contributed by atoms with Crippen LogP contribution in [-0.4, -0.2) is 51.2 Å². The number of nitrogens with zero attached hydrogens (tertiary/aromatic N) is 2. The Kier molecular flexibility index (Phi) is 7.20. The molecular formula is C28H32N2O5S. The minimum Gasteiger partial charge on any atom is -0.496 e. The van der Waals surface area contributed by atoms with E-state index in [2.05, 4.69) is 25.8 Å². The third-order valence-electron chi connectivity index (χ3n) is 6.94. The third-order valence-corrected chi connectivity index (χ3v) is 7.78. The summed E-state index contributed by atoms with van der Waals surface area (Å²) in [6.07, 6.45) is 1.86. The van der Waals surface area contributed by atoms with Gasteiger partial charge in [-0.05, 0) is 35.1 Å². The monoisotopic (exact) mass is 508 g/mol. The van der Waals surface area contributed by atoms with E-state index in [4.69, 9.17) is 4.74 Å². The van der Waals surface area contributed by atoms with Crippen LogP contribution in [0, 0.1) is 5.92 Å². The highest BCUT2D eigenvalue weighted by Gasteiger charge is 2.59. The first-order chi connectivity index (χ1) is 17.1. The number of methoxy groups -OCH3 is 1. The standard InChI is InChI=1S/C28H32N2O5S/c1-27(2,3)21-11-10-19(14-22(21)35-4)25(32)30-23(24-29-12-13-36-24)20(17-31)16-28(30,26(33)34)15-18-8-6-5-7-9-18/h5-14,20,23,31H,15-17H2,1-4H3,(H,33,34)/t20-,23-,28+/m1/s1. The summed E-state index contributed by atoms with van der Waals surface area (Å²) >= 11 is 1.35. The lowest BCUT2D eigenvalue weighted by Crippen LogP contribution is -2.55. The van der Waals surface area contributed by atoms with Crippen LogP contribution in [-0.2, 0) is 16.6 Å². The van der Waals surface area contributed by atoms with E-state index in [1.165, 1.54) is 16.2 Å². The van der Waals surface area contributed by atoms with Crippen LogP contribution in [0.1, 0.15) is 59.7 Å². The van der Waals surface area contributed by atoms with E-state index < -0.39 is 29.4 Å². The number of carbonyl (C=O) groups excluding carboxylic acids is 1. The first kappa shape index (κ1) is 25.9. The molecule has 36 heavy (non-hydrogen) atoms. The van der Waals surface area contributed by atoms with Gasteiger partial charge in [0.1, 0.15) is 16.3 Å². The molecule has 0 radical (unpaired) electrons. The fourth-order valence-corrected chi connectivity index (χ4v) is 6.06. The van der Waals surface area contributed by atoms with Crippen LogP contribution in [0.25, 0.3) is 0 Å². The number of ether oxygens (including phenoxy) is 1. The summed E-state index contributed by atoms with van der Waals surface area (Å²) in [7, 11) is 1.56. The zero-order valence-electron chi connectivity index (χ0n) is 21.0. The number of aromatic nitrogens is 1. The van der Waals surface area contributed by atoms with Crippen molar-refractivity contribution in [3.05, 3.63) is 81.8 Å². The lowest BCUT2D eigenvalue weighted by atomic mass is 9.84. The van der Waals surface area contributed by atoms with Gasteiger partial charge in [0, 0.05) is 36.1 Å². The van der Waals surface area contributed by atoms with Gasteiger partial charge in [-0.2, -0.15) is 0 Å². The second kappa shape index (κ2) is 10.0. The molecule has 2 N–H and O–H groups in total. The van der Waals surface area contributed by atoms with Crippen LogP contribution in [0.2, 0.25) is 0 Å². The van der Waals surface area contributed by atoms with Crippen molar-refractivity contribution in [2.45, 2.75) is 50.6 Å². The van der Waals surface area contributed by atoms with Gasteiger partial charge in [-0.3, -0.25) is 4.79 Å². The number of likely N-dealkylation sites (tertiary alicyclic amines) is 1. The van der Waals surface area contributed by atoms with Crippen LogP contribution in [0.5, 0.6) is 5.75 Å². The van der Waals surface area contributed by atoms with E-state index in [-0.39, 0.29) is 24.9 Å². The second-order valence-corrected chi connectivity index (χ2v) is 11.2. The Morgan fingerprint density at radius 1 is 1.19 bits per heavy atom. The molecule has 3 aromatic rings. The zero-order chi connectivity index (χ0) is 26.1. The molecule has 190 valence electrons. The highest BCUT2D eigenvalue weighted by atomic mass is 32.1. The summed E-state index contributed by atoms with van der Waals surface area (Å²) in [6, 6.07) is 13.9. The average Bonchev–Trinajstić information content (AvgIpc) is 3.49. The van der Waals surface area contributed by atoms with Gasteiger partial charge >= 0.3 is 5.97 Å². The maximum Gasteiger partial charge on any atom is 0.330 e. The highest BCUT2D eigenvalue weighted by Crippen LogP contribution is 2.50. The Hall–Kier alpha value is -3.23. The molecule has 0 unspecified atom stereocenters. The van der Waals surface area contributed by atoms with Gasteiger partial charge in [-0.1, -0.05) is 57.2 Å². The molecule has 2 aromatic carbocycles. The van der Waals surface area contributed by atoms with Gasteiger partial charge in [0.15, 0.2) is 0 Å². The summed E-state index contributed by atoms with van der Waals surface area (Å²) in [5.74, 6) is -1.43. The van der Waals surface area contributed by atoms with Gasteiger partial charge in [-0.25, -0.2) is 9.78 Å². The first-order valence-corrected chi connectivity index (χ1v) is 12.8. The second-order valence-electron chi connectivity index (χ2n) is 10.3. The minimum absolute atomic E-state index is 0.112. The number of carboxylic acid groups (broad SMARTS) is 1. The van der Waals surface area contributed by atoms with Crippen molar-refractivity contribution >= 4 is 23.2 Å². The van der Waals surface area contributed by atoms with Crippen molar-refractivity contribution in [2.75, 3.05) is 13.7 Å². The molecule has 1 fully saturated rings. The van der Waals surface area contributed by atoms with Crippen LogP contribution in [0.3, 0.4) is 0 Å².